The highest BCUT2D eigenvalue weighted by Gasteiger charge is 2.32. The maximum Gasteiger partial charge on any atom is 0.326 e. The molecule has 0 saturated heterocycles. The van der Waals surface area contributed by atoms with Crippen molar-refractivity contribution in [2.45, 2.75) is 53.6 Å². The van der Waals surface area contributed by atoms with Crippen LogP contribution in [0.3, 0.4) is 0 Å². The number of carbonyl (C=O) groups excluding carboxylic acids is 1. The van der Waals surface area contributed by atoms with Crippen LogP contribution in [0.15, 0.2) is 6.07 Å². The van der Waals surface area contributed by atoms with E-state index in [-0.39, 0.29) is 6.04 Å². The van der Waals surface area contributed by atoms with Crippen molar-refractivity contribution >= 4 is 23.3 Å². The molecule has 2 atom stereocenters. The zero-order valence-corrected chi connectivity index (χ0v) is 14.2. The van der Waals surface area contributed by atoms with E-state index in [0.717, 1.165) is 10.4 Å². The second-order valence-corrected chi connectivity index (χ2v) is 7.81. The molecule has 0 spiro atoms. The molecule has 6 heteroatoms. The number of aryl methyl sites for hydroxylation is 2. The fourth-order valence-corrected chi connectivity index (χ4v) is 3.20. The van der Waals surface area contributed by atoms with Crippen molar-refractivity contribution in [2.24, 2.45) is 5.41 Å². The summed E-state index contributed by atoms with van der Waals surface area (Å²) < 4.78 is 0. The Hall–Kier alpha value is -1.56. The maximum atomic E-state index is 12.0. The molecule has 1 rings (SSSR count). The van der Waals surface area contributed by atoms with Gasteiger partial charge in [0.2, 0.25) is 0 Å². The van der Waals surface area contributed by atoms with Crippen molar-refractivity contribution in [3.05, 3.63) is 21.4 Å². The van der Waals surface area contributed by atoms with E-state index < -0.39 is 23.5 Å². The lowest BCUT2D eigenvalue weighted by Crippen LogP contribution is -2.52. The van der Waals surface area contributed by atoms with Crippen molar-refractivity contribution in [3.63, 3.8) is 0 Å². The highest BCUT2D eigenvalue weighted by atomic mass is 32.1. The fourth-order valence-electron chi connectivity index (χ4n) is 2.18. The van der Waals surface area contributed by atoms with Gasteiger partial charge in [0.05, 0.1) is 6.04 Å². The number of hydrogen-bond donors (Lipinski definition) is 3. The van der Waals surface area contributed by atoms with E-state index in [4.69, 9.17) is 0 Å². The molecular weight excluding hydrogens is 288 g/mol. The minimum atomic E-state index is -1.03. The molecule has 1 heterocycles. The molecule has 0 aromatic carbocycles. The van der Waals surface area contributed by atoms with E-state index in [1.165, 1.54) is 4.88 Å². The van der Waals surface area contributed by atoms with Gasteiger partial charge in [0.15, 0.2) is 0 Å². The normalized spacial score (nSPS) is 14.4. The summed E-state index contributed by atoms with van der Waals surface area (Å²) in [4.78, 5) is 25.6. The standard InChI is InChI=1S/C15H24N2O3S/c1-8-7-11(10(3)21-8)9(2)16-14(20)17-12(13(18)19)15(4,5)6/h7,9,12H,1-6H3,(H,18,19)(H2,16,17,20)/t9?,12-/m1/s1. The molecule has 5 nitrogen and oxygen atoms in total. The second-order valence-electron chi connectivity index (χ2n) is 6.35. The third-order valence-corrected chi connectivity index (χ3v) is 4.26. The van der Waals surface area contributed by atoms with E-state index in [0.29, 0.717) is 0 Å². The van der Waals surface area contributed by atoms with Crippen LogP contribution in [-0.4, -0.2) is 23.1 Å². The van der Waals surface area contributed by atoms with E-state index >= 15 is 0 Å². The van der Waals surface area contributed by atoms with Crippen LogP contribution in [-0.2, 0) is 4.79 Å². The van der Waals surface area contributed by atoms with Gasteiger partial charge in [0.25, 0.3) is 0 Å². The smallest absolute Gasteiger partial charge is 0.326 e. The van der Waals surface area contributed by atoms with Crippen LogP contribution in [0, 0.1) is 19.3 Å². The lowest BCUT2D eigenvalue weighted by Gasteiger charge is -2.28. The number of amides is 2. The van der Waals surface area contributed by atoms with Crippen molar-refractivity contribution < 1.29 is 14.7 Å². The Morgan fingerprint density at radius 1 is 1.24 bits per heavy atom. The summed E-state index contributed by atoms with van der Waals surface area (Å²) in [7, 11) is 0. The lowest BCUT2D eigenvalue weighted by molar-refractivity contribution is -0.141. The van der Waals surface area contributed by atoms with Gasteiger partial charge in [-0.25, -0.2) is 9.59 Å². The van der Waals surface area contributed by atoms with Crippen LogP contribution in [0.4, 0.5) is 4.79 Å². The zero-order valence-electron chi connectivity index (χ0n) is 13.4. The van der Waals surface area contributed by atoms with E-state index in [9.17, 15) is 14.7 Å². The summed E-state index contributed by atoms with van der Waals surface area (Å²) in [6.07, 6.45) is 0. The molecule has 1 aromatic heterocycles. The molecule has 0 aliphatic rings. The van der Waals surface area contributed by atoms with E-state index in [1.54, 1.807) is 32.1 Å². The van der Waals surface area contributed by atoms with Gasteiger partial charge >= 0.3 is 12.0 Å². The summed E-state index contributed by atoms with van der Waals surface area (Å²) in [5, 5.41) is 14.6. The molecular formula is C15H24N2O3S. The van der Waals surface area contributed by atoms with Crippen LogP contribution in [0.25, 0.3) is 0 Å². The lowest BCUT2D eigenvalue weighted by atomic mass is 9.87. The highest BCUT2D eigenvalue weighted by Crippen LogP contribution is 2.26. The van der Waals surface area contributed by atoms with Crippen molar-refractivity contribution in [1.29, 1.82) is 0 Å². The molecule has 118 valence electrons. The molecule has 0 radical (unpaired) electrons. The minimum Gasteiger partial charge on any atom is -0.480 e. The van der Waals surface area contributed by atoms with Gasteiger partial charge in [0, 0.05) is 9.75 Å². The SMILES string of the molecule is Cc1cc(C(C)NC(=O)N[C@H](C(=O)O)C(C)(C)C)c(C)s1. The zero-order chi connectivity index (χ0) is 16.4. The van der Waals surface area contributed by atoms with Gasteiger partial charge in [-0.2, -0.15) is 0 Å². The first kappa shape index (κ1) is 17.5. The highest BCUT2D eigenvalue weighted by molar-refractivity contribution is 7.12. The molecule has 0 fully saturated rings. The summed E-state index contributed by atoms with van der Waals surface area (Å²) in [6, 6.07) is 0.482. The topological polar surface area (TPSA) is 78.4 Å². The second kappa shape index (κ2) is 6.47. The van der Waals surface area contributed by atoms with Crippen LogP contribution in [0.2, 0.25) is 0 Å². The van der Waals surface area contributed by atoms with Crippen LogP contribution in [0.5, 0.6) is 0 Å². The molecule has 0 aliphatic heterocycles. The summed E-state index contributed by atoms with van der Waals surface area (Å²) in [5.74, 6) is -1.03. The number of urea groups is 1. The average Bonchev–Trinajstić information content (AvgIpc) is 2.63. The molecule has 0 aliphatic carbocycles. The Kier molecular flexibility index (Phi) is 5.39. The Morgan fingerprint density at radius 3 is 2.19 bits per heavy atom. The Balaban J connectivity index is 2.73. The van der Waals surface area contributed by atoms with Crippen LogP contribution >= 0.6 is 11.3 Å². The molecule has 0 bridgehead atoms. The molecule has 3 N–H and O–H groups in total. The van der Waals surface area contributed by atoms with Crippen molar-refractivity contribution in [3.8, 4) is 0 Å². The molecule has 21 heavy (non-hydrogen) atoms. The van der Waals surface area contributed by atoms with Gasteiger partial charge in [0.1, 0.15) is 6.04 Å². The van der Waals surface area contributed by atoms with Crippen LogP contribution in [0.1, 0.15) is 49.1 Å². The van der Waals surface area contributed by atoms with Crippen molar-refractivity contribution in [1.82, 2.24) is 10.6 Å². The van der Waals surface area contributed by atoms with Gasteiger partial charge in [-0.3, -0.25) is 0 Å². The van der Waals surface area contributed by atoms with Crippen LogP contribution < -0.4 is 10.6 Å². The predicted molar refractivity (Wildman–Crippen MR) is 84.8 cm³/mol. The Morgan fingerprint density at radius 2 is 1.81 bits per heavy atom. The van der Waals surface area contributed by atoms with Gasteiger partial charge in [-0.05, 0) is 37.8 Å². The first-order valence-corrected chi connectivity index (χ1v) is 7.70. The molecule has 0 saturated carbocycles. The van der Waals surface area contributed by atoms with E-state index in [2.05, 4.69) is 10.6 Å². The number of hydrogen-bond acceptors (Lipinski definition) is 3. The third-order valence-electron chi connectivity index (χ3n) is 3.28. The maximum absolute atomic E-state index is 12.0. The average molecular weight is 312 g/mol. The summed E-state index contributed by atoms with van der Waals surface area (Å²) in [5.41, 5.74) is 0.511. The Labute approximate surface area is 129 Å². The number of carbonyl (C=O) groups is 2. The third kappa shape index (κ3) is 4.74. The number of rotatable bonds is 4. The quantitative estimate of drug-likeness (QED) is 0.798. The molecule has 1 unspecified atom stereocenters. The number of thiophene rings is 1. The van der Waals surface area contributed by atoms with Gasteiger partial charge in [-0.15, -0.1) is 11.3 Å². The molecule has 1 aromatic rings. The largest absolute Gasteiger partial charge is 0.480 e. The minimum absolute atomic E-state index is 0.163. The fraction of sp³-hybridized carbons (Fsp3) is 0.600. The number of aliphatic carboxylic acids is 1. The number of carboxylic acid groups (broad SMARTS) is 1. The van der Waals surface area contributed by atoms with Gasteiger partial charge < -0.3 is 15.7 Å². The predicted octanol–water partition coefficient (Wildman–Crippen LogP) is 3.22. The monoisotopic (exact) mass is 312 g/mol. The summed E-state index contributed by atoms with van der Waals surface area (Å²) >= 11 is 1.68. The number of nitrogens with one attached hydrogen (secondary N) is 2. The first-order chi connectivity index (χ1) is 9.52. The molecule has 2 amide bonds. The van der Waals surface area contributed by atoms with Gasteiger partial charge in [-0.1, -0.05) is 20.8 Å². The van der Waals surface area contributed by atoms with E-state index in [1.807, 2.05) is 26.8 Å². The summed E-state index contributed by atoms with van der Waals surface area (Å²) in [6.45, 7) is 11.3. The van der Waals surface area contributed by atoms with Crippen molar-refractivity contribution in [2.75, 3.05) is 0 Å². The first-order valence-electron chi connectivity index (χ1n) is 6.89. The number of carboxylic acids is 1. The Bertz CT molecular complexity index is 532.